The van der Waals surface area contributed by atoms with Gasteiger partial charge in [0.05, 0.1) is 6.61 Å². The molecule has 0 aliphatic carbocycles. The molecule has 2 aromatic rings. The van der Waals surface area contributed by atoms with Crippen LogP contribution >= 0.6 is 0 Å². The molecule has 0 fully saturated rings. The Morgan fingerprint density at radius 1 is 1.00 bits per heavy atom. The Hall–Kier alpha value is -4.03. The van der Waals surface area contributed by atoms with Gasteiger partial charge in [0.15, 0.2) is 0 Å². The van der Waals surface area contributed by atoms with Crippen molar-refractivity contribution in [1.82, 2.24) is 29.9 Å². The van der Waals surface area contributed by atoms with E-state index in [1.165, 1.54) is 6.26 Å². The summed E-state index contributed by atoms with van der Waals surface area (Å²) in [5.74, 6) is 0.674. The molecule has 2 aromatic heterocycles. The number of nitrogens with zero attached hydrogens (tertiary/aromatic N) is 6. The highest BCUT2D eigenvalue weighted by Gasteiger charge is 2.05. The normalized spacial score (nSPS) is 10.5. The number of rotatable bonds is 6. The lowest BCUT2D eigenvalue weighted by atomic mass is 10.3. The highest BCUT2D eigenvalue weighted by Crippen LogP contribution is 2.04. The minimum absolute atomic E-state index is 0.0497. The van der Waals surface area contributed by atoms with Gasteiger partial charge in [-0.3, -0.25) is 0 Å². The van der Waals surface area contributed by atoms with Crippen LogP contribution in [0.3, 0.4) is 0 Å². The molecular formula is C16H24N10O3. The van der Waals surface area contributed by atoms with Crippen LogP contribution in [-0.2, 0) is 16.0 Å². The SMILES string of the molecule is C=C(C)C(=O)OCCc1nc(N)nc(N)n1.CC(N)=COc1nc(C)nc(N)n1. The summed E-state index contributed by atoms with van der Waals surface area (Å²) in [4.78, 5) is 33.7. The molecule has 0 aliphatic rings. The number of carbonyl (C=O) groups excluding carboxylic acids is 1. The first-order valence-electron chi connectivity index (χ1n) is 8.22. The molecule has 13 nitrogen and oxygen atoms in total. The van der Waals surface area contributed by atoms with Gasteiger partial charge in [0.25, 0.3) is 0 Å². The van der Waals surface area contributed by atoms with Crippen LogP contribution in [0.4, 0.5) is 17.8 Å². The Kier molecular flexibility index (Phi) is 8.70. The first kappa shape index (κ1) is 23.0. The van der Waals surface area contributed by atoms with Crippen molar-refractivity contribution in [3.8, 4) is 6.01 Å². The summed E-state index contributed by atoms with van der Waals surface area (Å²) in [5.41, 5.74) is 22.3. The lowest BCUT2D eigenvalue weighted by Crippen LogP contribution is -2.12. The van der Waals surface area contributed by atoms with Gasteiger partial charge >= 0.3 is 12.0 Å². The molecule has 0 aromatic carbocycles. The van der Waals surface area contributed by atoms with E-state index < -0.39 is 5.97 Å². The zero-order chi connectivity index (χ0) is 22.0. The molecule has 13 heteroatoms. The number of nitrogen functional groups attached to an aromatic ring is 3. The van der Waals surface area contributed by atoms with E-state index in [9.17, 15) is 4.79 Å². The van der Waals surface area contributed by atoms with Crippen molar-refractivity contribution in [1.29, 1.82) is 0 Å². The van der Waals surface area contributed by atoms with Crippen molar-refractivity contribution in [3.63, 3.8) is 0 Å². The van der Waals surface area contributed by atoms with Crippen molar-refractivity contribution < 1.29 is 14.3 Å². The maximum absolute atomic E-state index is 11.0. The zero-order valence-corrected chi connectivity index (χ0v) is 16.4. The maximum atomic E-state index is 11.0. The maximum Gasteiger partial charge on any atom is 0.333 e. The minimum atomic E-state index is -0.449. The Bertz CT molecular complexity index is 856. The van der Waals surface area contributed by atoms with E-state index in [4.69, 9.17) is 32.4 Å². The number of hydrogen-bond acceptors (Lipinski definition) is 13. The van der Waals surface area contributed by atoms with Gasteiger partial charge < -0.3 is 32.4 Å². The Morgan fingerprint density at radius 2 is 1.59 bits per heavy atom. The van der Waals surface area contributed by atoms with Crippen LogP contribution in [0.1, 0.15) is 25.5 Å². The van der Waals surface area contributed by atoms with Crippen molar-refractivity contribution in [2.45, 2.75) is 27.2 Å². The predicted molar refractivity (Wildman–Crippen MR) is 106 cm³/mol. The lowest BCUT2D eigenvalue weighted by Gasteiger charge is -2.04. The topological polar surface area (TPSA) is 217 Å². The third-order valence-corrected chi connectivity index (χ3v) is 2.72. The molecule has 29 heavy (non-hydrogen) atoms. The predicted octanol–water partition coefficient (Wildman–Crippen LogP) is -0.341. The molecular weight excluding hydrogens is 380 g/mol. The van der Waals surface area contributed by atoms with Crippen molar-refractivity contribution >= 4 is 23.8 Å². The second-order valence-corrected chi connectivity index (χ2v) is 5.64. The fourth-order valence-corrected chi connectivity index (χ4v) is 1.60. The van der Waals surface area contributed by atoms with Crippen molar-refractivity contribution in [2.75, 3.05) is 23.8 Å². The minimum Gasteiger partial charge on any atom is -0.462 e. The summed E-state index contributed by atoms with van der Waals surface area (Å²) in [7, 11) is 0. The molecule has 0 saturated carbocycles. The standard InChI is InChI=1S/C9H13N5O2.C7H11N5O/c1-5(2)7(15)16-4-3-6-12-8(10)14-9(11)13-6;1-4(8)3-13-7-11-5(2)10-6(9)12-7/h1,3-4H2,2H3,(H4,10,11,12,13,14);3H,8H2,1-2H3,(H2,9,10,11,12). The number of aromatic nitrogens is 6. The third-order valence-electron chi connectivity index (χ3n) is 2.72. The van der Waals surface area contributed by atoms with E-state index >= 15 is 0 Å². The number of allylic oxidation sites excluding steroid dienone is 1. The fraction of sp³-hybridized carbons (Fsp3) is 0.312. The average Bonchev–Trinajstić information content (AvgIpc) is 2.58. The highest BCUT2D eigenvalue weighted by molar-refractivity contribution is 5.86. The van der Waals surface area contributed by atoms with Gasteiger partial charge in [-0.1, -0.05) is 6.58 Å². The summed E-state index contributed by atoms with van der Waals surface area (Å²) in [6, 6.07) is 0.148. The molecule has 0 aliphatic heterocycles. The fourth-order valence-electron chi connectivity index (χ4n) is 1.60. The first-order chi connectivity index (χ1) is 13.6. The van der Waals surface area contributed by atoms with Gasteiger partial charge in [-0.05, 0) is 20.8 Å². The van der Waals surface area contributed by atoms with E-state index in [-0.39, 0.29) is 30.5 Å². The third kappa shape index (κ3) is 9.46. The van der Waals surface area contributed by atoms with Crippen LogP contribution in [0.5, 0.6) is 6.01 Å². The second-order valence-electron chi connectivity index (χ2n) is 5.64. The van der Waals surface area contributed by atoms with Crippen LogP contribution in [-0.4, -0.2) is 42.5 Å². The molecule has 0 unspecified atom stereocenters. The number of nitrogens with two attached hydrogens (primary N) is 4. The van der Waals surface area contributed by atoms with Crippen LogP contribution in [0.25, 0.3) is 0 Å². The molecule has 0 amide bonds. The number of carbonyl (C=O) groups is 1. The second kappa shape index (κ2) is 11.0. The first-order valence-corrected chi connectivity index (χ1v) is 8.22. The summed E-state index contributed by atoms with van der Waals surface area (Å²) in [5, 5.41) is 0. The van der Waals surface area contributed by atoms with Crippen molar-refractivity contribution in [2.24, 2.45) is 5.73 Å². The van der Waals surface area contributed by atoms with Gasteiger partial charge in [0.2, 0.25) is 17.8 Å². The van der Waals surface area contributed by atoms with Gasteiger partial charge in [-0.2, -0.15) is 29.9 Å². The molecule has 8 N–H and O–H groups in total. The van der Waals surface area contributed by atoms with Crippen LogP contribution in [0, 0.1) is 6.92 Å². The van der Waals surface area contributed by atoms with E-state index in [1.807, 2.05) is 0 Å². The number of aryl methyl sites for hydroxylation is 1. The molecule has 156 valence electrons. The van der Waals surface area contributed by atoms with Gasteiger partial charge in [-0.15, -0.1) is 0 Å². The van der Waals surface area contributed by atoms with E-state index in [1.54, 1.807) is 20.8 Å². The Balaban J connectivity index is 0.000000296. The van der Waals surface area contributed by atoms with Crippen LogP contribution in [0.2, 0.25) is 0 Å². The molecule has 0 bridgehead atoms. The zero-order valence-electron chi connectivity index (χ0n) is 16.4. The monoisotopic (exact) mass is 404 g/mol. The number of ether oxygens (including phenoxy) is 2. The van der Waals surface area contributed by atoms with E-state index in [2.05, 4.69) is 36.5 Å². The van der Waals surface area contributed by atoms with Crippen LogP contribution < -0.4 is 27.7 Å². The van der Waals surface area contributed by atoms with E-state index in [0.717, 1.165) is 0 Å². The van der Waals surface area contributed by atoms with E-state index in [0.29, 0.717) is 29.3 Å². The van der Waals surface area contributed by atoms with Gasteiger partial charge in [0, 0.05) is 17.7 Å². The highest BCUT2D eigenvalue weighted by atomic mass is 16.5. The quantitative estimate of drug-likeness (QED) is 0.275. The smallest absolute Gasteiger partial charge is 0.333 e. The van der Waals surface area contributed by atoms with Gasteiger partial charge in [0.1, 0.15) is 17.9 Å². The Morgan fingerprint density at radius 3 is 2.10 bits per heavy atom. The Labute approximate surface area is 167 Å². The van der Waals surface area contributed by atoms with Gasteiger partial charge in [-0.25, -0.2) is 4.79 Å². The molecule has 2 heterocycles. The molecule has 0 spiro atoms. The molecule has 0 atom stereocenters. The number of esters is 1. The average molecular weight is 404 g/mol. The van der Waals surface area contributed by atoms with Crippen LogP contribution in [0.15, 0.2) is 24.1 Å². The summed E-state index contributed by atoms with van der Waals surface area (Å²) < 4.78 is 9.87. The lowest BCUT2D eigenvalue weighted by molar-refractivity contribution is -0.138. The number of hydrogen-bond donors (Lipinski definition) is 4. The molecule has 0 radical (unpaired) electrons. The molecule has 2 rings (SSSR count). The summed E-state index contributed by atoms with van der Waals surface area (Å²) >= 11 is 0. The van der Waals surface area contributed by atoms with Crippen molar-refractivity contribution in [3.05, 3.63) is 35.8 Å². The molecule has 0 saturated heterocycles. The number of anilines is 3. The summed E-state index contributed by atoms with van der Waals surface area (Å²) in [6.45, 7) is 8.56. The largest absolute Gasteiger partial charge is 0.462 e. The summed E-state index contributed by atoms with van der Waals surface area (Å²) in [6.07, 6.45) is 1.67.